The van der Waals surface area contributed by atoms with Gasteiger partial charge in [0.05, 0.1) is 11.8 Å². The number of primary amides is 1. The highest BCUT2D eigenvalue weighted by Gasteiger charge is 2.29. The van der Waals surface area contributed by atoms with Gasteiger partial charge in [0.15, 0.2) is 0 Å². The number of carbonyl (C=O) groups is 1. The molecule has 2 aromatic carbocycles. The zero-order valence-electron chi connectivity index (χ0n) is 17.0. The summed E-state index contributed by atoms with van der Waals surface area (Å²) in [5.74, 6) is -0.241. The Hall–Kier alpha value is -2.39. The highest BCUT2D eigenvalue weighted by Crippen LogP contribution is 2.31. The van der Waals surface area contributed by atoms with E-state index in [0.717, 1.165) is 35.2 Å². The van der Waals surface area contributed by atoms with Gasteiger partial charge in [0.25, 0.3) is 10.1 Å². The molecule has 1 amide bonds. The molecule has 0 aromatic heterocycles. The number of hydrogen-bond acceptors (Lipinski definition) is 3. The van der Waals surface area contributed by atoms with Crippen molar-refractivity contribution in [3.63, 3.8) is 0 Å². The van der Waals surface area contributed by atoms with E-state index in [2.05, 4.69) is 0 Å². The Labute approximate surface area is 174 Å². The molecule has 0 aliphatic rings. The molecule has 0 saturated heterocycles. The summed E-state index contributed by atoms with van der Waals surface area (Å²) in [5, 5.41) is 0. The van der Waals surface area contributed by atoms with Crippen LogP contribution in [-0.4, -0.2) is 25.1 Å². The molecule has 9 heteroatoms. The van der Waals surface area contributed by atoms with Crippen molar-refractivity contribution in [2.45, 2.75) is 32.9 Å². The van der Waals surface area contributed by atoms with E-state index in [1.165, 1.54) is 12.1 Å². The number of benzene rings is 2. The van der Waals surface area contributed by atoms with Crippen LogP contribution in [0.15, 0.2) is 48.5 Å². The van der Waals surface area contributed by atoms with Crippen LogP contribution >= 0.6 is 0 Å². The van der Waals surface area contributed by atoms with Gasteiger partial charge in [0, 0.05) is 5.92 Å². The molecule has 0 heterocycles. The molecule has 2 aromatic rings. The van der Waals surface area contributed by atoms with Gasteiger partial charge in [-0.2, -0.15) is 21.6 Å². The predicted molar refractivity (Wildman–Crippen MR) is 110 cm³/mol. The summed E-state index contributed by atoms with van der Waals surface area (Å²) in [6.45, 7) is 3.95. The van der Waals surface area contributed by atoms with E-state index >= 15 is 0 Å². The van der Waals surface area contributed by atoms with Gasteiger partial charge >= 0.3 is 6.18 Å². The number of aryl methyl sites for hydroxylation is 1. The highest BCUT2D eigenvalue weighted by molar-refractivity contribution is 7.85. The first-order valence-corrected chi connectivity index (χ1v) is 11.0. The van der Waals surface area contributed by atoms with Crippen LogP contribution in [-0.2, 0) is 27.5 Å². The summed E-state index contributed by atoms with van der Waals surface area (Å²) in [5.41, 5.74) is 7.43. The minimum Gasteiger partial charge on any atom is -0.369 e. The Balaban J connectivity index is 0.000000804. The molecule has 0 aliphatic heterocycles. The van der Waals surface area contributed by atoms with Gasteiger partial charge in [-0.1, -0.05) is 50.2 Å². The fourth-order valence-corrected chi connectivity index (χ4v) is 2.84. The SMILES string of the molecule is CC(C)C(CCc1ccc(-c2ccc(C(F)(F)F)cc2)cc1)C(N)=O.CS(=O)(=O)O. The average Bonchev–Trinajstić information content (AvgIpc) is 2.60. The molecule has 0 spiro atoms. The smallest absolute Gasteiger partial charge is 0.369 e. The summed E-state index contributed by atoms with van der Waals surface area (Å²) < 4.78 is 63.7. The Bertz CT molecular complexity index is 914. The van der Waals surface area contributed by atoms with Crippen molar-refractivity contribution >= 4 is 16.0 Å². The quantitative estimate of drug-likeness (QED) is 0.637. The van der Waals surface area contributed by atoms with Crippen molar-refractivity contribution in [3.05, 3.63) is 59.7 Å². The number of nitrogens with two attached hydrogens (primary N) is 1. The van der Waals surface area contributed by atoms with Gasteiger partial charge in [-0.15, -0.1) is 0 Å². The lowest BCUT2D eigenvalue weighted by atomic mass is 9.89. The van der Waals surface area contributed by atoms with Gasteiger partial charge in [-0.3, -0.25) is 9.35 Å². The van der Waals surface area contributed by atoms with Crippen LogP contribution in [0.25, 0.3) is 11.1 Å². The zero-order chi connectivity index (χ0) is 23.1. The third kappa shape index (κ3) is 9.41. The Morgan fingerprint density at radius 2 is 1.40 bits per heavy atom. The molecule has 0 radical (unpaired) electrons. The lowest BCUT2D eigenvalue weighted by Gasteiger charge is -2.17. The van der Waals surface area contributed by atoms with E-state index in [0.29, 0.717) is 12.7 Å². The second kappa shape index (κ2) is 10.6. The van der Waals surface area contributed by atoms with Crippen molar-refractivity contribution in [2.24, 2.45) is 17.6 Å². The summed E-state index contributed by atoms with van der Waals surface area (Å²) in [4.78, 5) is 11.4. The maximum absolute atomic E-state index is 12.6. The van der Waals surface area contributed by atoms with E-state index in [9.17, 15) is 26.4 Å². The van der Waals surface area contributed by atoms with Gasteiger partial charge in [0.1, 0.15) is 0 Å². The summed E-state index contributed by atoms with van der Waals surface area (Å²) in [7, 11) is -3.67. The zero-order valence-corrected chi connectivity index (χ0v) is 17.8. The first-order chi connectivity index (χ1) is 13.7. The largest absolute Gasteiger partial charge is 0.416 e. The van der Waals surface area contributed by atoms with Gasteiger partial charge < -0.3 is 5.73 Å². The predicted octanol–water partition coefficient (Wildman–Crippen LogP) is 4.57. The van der Waals surface area contributed by atoms with Gasteiger partial charge in [-0.05, 0) is 47.6 Å². The lowest BCUT2D eigenvalue weighted by molar-refractivity contribution is -0.137. The van der Waals surface area contributed by atoms with Crippen LogP contribution < -0.4 is 5.73 Å². The fraction of sp³-hybridized carbons (Fsp3) is 0.381. The first-order valence-electron chi connectivity index (χ1n) is 9.17. The number of carbonyl (C=O) groups excluding carboxylic acids is 1. The molecule has 166 valence electrons. The van der Waals surface area contributed by atoms with Gasteiger partial charge in [0.2, 0.25) is 5.91 Å². The molecule has 0 fully saturated rings. The Morgan fingerprint density at radius 3 is 1.73 bits per heavy atom. The van der Waals surface area contributed by atoms with Crippen LogP contribution in [0.2, 0.25) is 0 Å². The first kappa shape index (κ1) is 25.6. The van der Waals surface area contributed by atoms with E-state index in [1.807, 2.05) is 38.1 Å². The topological polar surface area (TPSA) is 97.5 Å². The minimum absolute atomic E-state index is 0.158. The van der Waals surface area contributed by atoms with E-state index in [4.69, 9.17) is 10.3 Å². The molecule has 5 nitrogen and oxygen atoms in total. The monoisotopic (exact) mass is 445 g/mol. The molecular weight excluding hydrogens is 419 g/mol. The van der Waals surface area contributed by atoms with Crippen LogP contribution in [0.4, 0.5) is 13.2 Å². The lowest BCUT2D eigenvalue weighted by Crippen LogP contribution is -2.27. The van der Waals surface area contributed by atoms with Crippen LogP contribution in [0.3, 0.4) is 0 Å². The van der Waals surface area contributed by atoms with Crippen LogP contribution in [0.1, 0.15) is 31.4 Å². The van der Waals surface area contributed by atoms with Crippen molar-refractivity contribution in [2.75, 3.05) is 6.26 Å². The second-order valence-corrected chi connectivity index (χ2v) is 8.76. The number of halogens is 3. The van der Waals surface area contributed by atoms with Crippen molar-refractivity contribution in [1.82, 2.24) is 0 Å². The maximum atomic E-state index is 12.6. The van der Waals surface area contributed by atoms with E-state index in [1.54, 1.807) is 0 Å². The molecule has 2 rings (SSSR count). The average molecular weight is 446 g/mol. The molecule has 30 heavy (non-hydrogen) atoms. The molecule has 1 unspecified atom stereocenters. The van der Waals surface area contributed by atoms with Crippen molar-refractivity contribution < 1.29 is 30.9 Å². The third-order valence-corrected chi connectivity index (χ3v) is 4.41. The van der Waals surface area contributed by atoms with Crippen LogP contribution in [0.5, 0.6) is 0 Å². The normalized spacial score (nSPS) is 12.8. The molecule has 0 aliphatic carbocycles. The third-order valence-electron chi connectivity index (χ3n) is 4.41. The van der Waals surface area contributed by atoms with Crippen LogP contribution in [0, 0.1) is 11.8 Å². The number of alkyl halides is 3. The molecule has 0 saturated carbocycles. The van der Waals surface area contributed by atoms with Crippen molar-refractivity contribution in [1.29, 1.82) is 0 Å². The summed E-state index contributed by atoms with van der Waals surface area (Å²) in [6.07, 6.45) is -2.19. The fourth-order valence-electron chi connectivity index (χ4n) is 2.84. The Kier molecular flexibility index (Phi) is 9.05. The number of amides is 1. The second-order valence-electron chi connectivity index (χ2n) is 7.30. The molecular formula is C21H26F3NO4S. The summed E-state index contributed by atoms with van der Waals surface area (Å²) in [6, 6.07) is 12.8. The molecule has 1 atom stereocenters. The molecule has 0 bridgehead atoms. The van der Waals surface area contributed by atoms with Gasteiger partial charge in [-0.25, -0.2) is 0 Å². The standard InChI is InChI=1S/C20H22F3NO.CH4O3S/c1-13(2)18(19(24)25)12-5-14-3-6-15(7-4-14)16-8-10-17(11-9-16)20(21,22)23;1-5(2,3)4/h3-4,6-11,13,18H,5,12H2,1-2H3,(H2,24,25);1H3,(H,2,3,4). The Morgan fingerprint density at radius 1 is 1.00 bits per heavy atom. The number of hydrogen-bond donors (Lipinski definition) is 2. The minimum atomic E-state index is -4.32. The highest BCUT2D eigenvalue weighted by atomic mass is 32.2. The number of rotatable bonds is 6. The maximum Gasteiger partial charge on any atom is 0.416 e. The van der Waals surface area contributed by atoms with E-state index < -0.39 is 21.9 Å². The van der Waals surface area contributed by atoms with Crippen molar-refractivity contribution in [3.8, 4) is 11.1 Å². The van der Waals surface area contributed by atoms with E-state index in [-0.39, 0.29) is 17.7 Å². The summed E-state index contributed by atoms with van der Waals surface area (Å²) >= 11 is 0. The molecule has 3 N–H and O–H groups in total.